The van der Waals surface area contributed by atoms with Crippen LogP contribution in [0.4, 0.5) is 4.39 Å². The average Bonchev–Trinajstić information content (AvgIpc) is 2.96. The lowest BCUT2D eigenvalue weighted by Gasteiger charge is -2.05. The van der Waals surface area contributed by atoms with Crippen molar-refractivity contribution in [3.8, 4) is 0 Å². The van der Waals surface area contributed by atoms with Gasteiger partial charge in [-0.1, -0.05) is 13.8 Å². The van der Waals surface area contributed by atoms with Gasteiger partial charge in [0.05, 0.1) is 11.4 Å². The molecule has 0 saturated heterocycles. The Morgan fingerprint density at radius 1 is 1.29 bits per heavy atom. The lowest BCUT2D eigenvalue weighted by molar-refractivity contribution is 0.459. The zero-order chi connectivity index (χ0) is 15.4. The van der Waals surface area contributed by atoms with E-state index in [1.54, 1.807) is 0 Å². The zero-order valence-corrected chi connectivity index (χ0v) is 13.2. The fraction of sp³-hybridized carbons (Fsp3) is 0.600. The molecule has 0 fully saturated rings. The molecule has 21 heavy (non-hydrogen) atoms. The topological polar surface area (TPSA) is 47.7 Å². The number of hydrogen-bond acceptors (Lipinski definition) is 3. The normalized spacial score (nSPS) is 11.5. The summed E-state index contributed by atoms with van der Waals surface area (Å²) in [6.45, 7) is 10.6. The van der Waals surface area contributed by atoms with Crippen molar-refractivity contribution in [2.75, 3.05) is 0 Å². The van der Waals surface area contributed by atoms with E-state index in [2.05, 4.69) is 29.4 Å². The summed E-state index contributed by atoms with van der Waals surface area (Å²) in [5.41, 5.74) is 2.35. The van der Waals surface area contributed by atoms with E-state index in [4.69, 9.17) is 0 Å². The molecule has 0 radical (unpaired) electrons. The van der Waals surface area contributed by atoms with Crippen molar-refractivity contribution in [3.05, 3.63) is 35.2 Å². The maximum absolute atomic E-state index is 14.0. The van der Waals surface area contributed by atoms with E-state index in [1.165, 1.54) is 4.68 Å². The first-order valence-electron chi connectivity index (χ1n) is 7.46. The van der Waals surface area contributed by atoms with Gasteiger partial charge in [0.2, 0.25) is 5.95 Å². The zero-order valence-electron chi connectivity index (χ0n) is 13.2. The van der Waals surface area contributed by atoms with Crippen LogP contribution in [0.1, 0.15) is 37.7 Å². The van der Waals surface area contributed by atoms with E-state index in [0.29, 0.717) is 31.1 Å². The first kappa shape index (κ1) is 15.7. The Morgan fingerprint density at radius 2 is 2.05 bits per heavy atom. The summed E-state index contributed by atoms with van der Waals surface area (Å²) in [7, 11) is 0. The van der Waals surface area contributed by atoms with Crippen LogP contribution in [0.3, 0.4) is 0 Å². The smallest absolute Gasteiger partial charge is 0.216 e. The number of hydrogen-bond donors (Lipinski definition) is 1. The Bertz CT molecular complexity index is 585. The second-order valence-electron chi connectivity index (χ2n) is 5.70. The number of aromatic nitrogens is 4. The molecule has 116 valence electrons. The fourth-order valence-corrected chi connectivity index (χ4v) is 2.29. The van der Waals surface area contributed by atoms with Crippen LogP contribution in [0.2, 0.25) is 0 Å². The number of nitrogens with one attached hydrogen (secondary N) is 1. The lowest BCUT2D eigenvalue weighted by Crippen LogP contribution is -2.15. The van der Waals surface area contributed by atoms with Gasteiger partial charge >= 0.3 is 0 Å². The molecule has 0 saturated carbocycles. The SMILES string of the molecule is CCn1nc(C)c(CNCc2ccn(CC(C)C)n2)c1F. The second-order valence-corrected chi connectivity index (χ2v) is 5.70. The molecule has 0 bridgehead atoms. The number of aryl methyl sites for hydroxylation is 2. The van der Waals surface area contributed by atoms with Gasteiger partial charge in [0, 0.05) is 37.9 Å². The summed E-state index contributed by atoms with van der Waals surface area (Å²) in [4.78, 5) is 0. The third-order valence-electron chi connectivity index (χ3n) is 3.34. The fourth-order valence-electron chi connectivity index (χ4n) is 2.29. The molecular formula is C15H24FN5. The van der Waals surface area contributed by atoms with Crippen molar-refractivity contribution in [2.24, 2.45) is 5.92 Å². The first-order valence-corrected chi connectivity index (χ1v) is 7.46. The predicted octanol–water partition coefficient (Wildman–Crippen LogP) is 2.49. The molecule has 2 aromatic heterocycles. The summed E-state index contributed by atoms with van der Waals surface area (Å²) in [6.07, 6.45) is 1.98. The molecule has 0 aliphatic rings. The molecule has 2 heterocycles. The van der Waals surface area contributed by atoms with Crippen molar-refractivity contribution in [1.82, 2.24) is 24.9 Å². The van der Waals surface area contributed by atoms with Gasteiger partial charge in [-0.25, -0.2) is 4.68 Å². The molecule has 0 amide bonds. The average molecular weight is 293 g/mol. The number of nitrogens with zero attached hydrogens (tertiary/aromatic N) is 4. The van der Waals surface area contributed by atoms with Crippen LogP contribution in [0.5, 0.6) is 0 Å². The molecule has 2 rings (SSSR count). The molecule has 6 heteroatoms. The summed E-state index contributed by atoms with van der Waals surface area (Å²) in [5.74, 6) is 0.329. The predicted molar refractivity (Wildman–Crippen MR) is 80.2 cm³/mol. The Morgan fingerprint density at radius 3 is 2.67 bits per heavy atom. The van der Waals surface area contributed by atoms with E-state index >= 15 is 0 Å². The van der Waals surface area contributed by atoms with Crippen molar-refractivity contribution < 1.29 is 4.39 Å². The first-order chi connectivity index (χ1) is 10.0. The molecule has 0 atom stereocenters. The molecular weight excluding hydrogens is 269 g/mol. The molecule has 5 nitrogen and oxygen atoms in total. The molecule has 0 aromatic carbocycles. The maximum atomic E-state index is 14.0. The third kappa shape index (κ3) is 3.91. The van der Waals surface area contributed by atoms with Crippen LogP contribution in [0.25, 0.3) is 0 Å². The molecule has 2 aromatic rings. The van der Waals surface area contributed by atoms with Gasteiger partial charge in [0.25, 0.3) is 0 Å². The minimum atomic E-state index is -0.243. The van der Waals surface area contributed by atoms with Crippen LogP contribution in [-0.4, -0.2) is 19.6 Å². The van der Waals surface area contributed by atoms with Crippen LogP contribution >= 0.6 is 0 Å². The molecule has 0 aliphatic carbocycles. The summed E-state index contributed by atoms with van der Waals surface area (Å²) < 4.78 is 17.3. The van der Waals surface area contributed by atoms with Crippen LogP contribution < -0.4 is 5.32 Å². The van der Waals surface area contributed by atoms with Crippen molar-refractivity contribution in [1.29, 1.82) is 0 Å². The van der Waals surface area contributed by atoms with Gasteiger partial charge in [-0.15, -0.1) is 0 Å². The van der Waals surface area contributed by atoms with Gasteiger partial charge in [0.1, 0.15) is 0 Å². The standard InChI is InChI=1S/C15H24FN5/c1-5-21-15(16)14(12(4)18-21)9-17-8-13-6-7-20(19-13)10-11(2)3/h6-7,11,17H,5,8-10H2,1-4H3. The highest BCUT2D eigenvalue weighted by atomic mass is 19.1. The second kappa shape index (κ2) is 6.85. The summed E-state index contributed by atoms with van der Waals surface area (Å²) in [5, 5.41) is 11.9. The highest BCUT2D eigenvalue weighted by Gasteiger charge is 2.13. The highest BCUT2D eigenvalue weighted by molar-refractivity contribution is 5.17. The van der Waals surface area contributed by atoms with E-state index < -0.39 is 0 Å². The Labute approximate surface area is 125 Å². The number of halogens is 1. The third-order valence-corrected chi connectivity index (χ3v) is 3.34. The Hall–Kier alpha value is -1.69. The molecule has 0 spiro atoms. The van der Waals surface area contributed by atoms with Gasteiger partial charge in [-0.2, -0.15) is 14.6 Å². The lowest BCUT2D eigenvalue weighted by atomic mass is 10.2. The van der Waals surface area contributed by atoms with E-state index in [-0.39, 0.29) is 5.95 Å². The van der Waals surface area contributed by atoms with Crippen molar-refractivity contribution >= 4 is 0 Å². The molecule has 0 unspecified atom stereocenters. The maximum Gasteiger partial charge on any atom is 0.216 e. The number of rotatable bonds is 7. The Balaban J connectivity index is 1.90. The largest absolute Gasteiger partial charge is 0.307 e. The van der Waals surface area contributed by atoms with Crippen molar-refractivity contribution in [3.63, 3.8) is 0 Å². The summed E-state index contributed by atoms with van der Waals surface area (Å²) in [6, 6.07) is 1.99. The van der Waals surface area contributed by atoms with Crippen LogP contribution in [0.15, 0.2) is 12.3 Å². The van der Waals surface area contributed by atoms with E-state index in [1.807, 2.05) is 30.8 Å². The minimum Gasteiger partial charge on any atom is -0.307 e. The van der Waals surface area contributed by atoms with Crippen molar-refractivity contribution in [2.45, 2.75) is 53.9 Å². The van der Waals surface area contributed by atoms with Crippen LogP contribution in [0, 0.1) is 18.8 Å². The van der Waals surface area contributed by atoms with Gasteiger partial charge < -0.3 is 5.32 Å². The van der Waals surface area contributed by atoms with Gasteiger partial charge in [-0.05, 0) is 25.8 Å². The van der Waals surface area contributed by atoms with Crippen LogP contribution in [-0.2, 0) is 26.2 Å². The molecule has 1 N–H and O–H groups in total. The quantitative estimate of drug-likeness (QED) is 0.853. The summed E-state index contributed by atoms with van der Waals surface area (Å²) >= 11 is 0. The Kier molecular flexibility index (Phi) is 5.12. The van der Waals surface area contributed by atoms with E-state index in [9.17, 15) is 4.39 Å². The minimum absolute atomic E-state index is 0.243. The van der Waals surface area contributed by atoms with E-state index in [0.717, 1.165) is 17.9 Å². The van der Waals surface area contributed by atoms with Gasteiger partial charge in [-0.3, -0.25) is 4.68 Å². The highest BCUT2D eigenvalue weighted by Crippen LogP contribution is 2.12. The molecule has 0 aliphatic heterocycles. The van der Waals surface area contributed by atoms with Gasteiger partial charge in [0.15, 0.2) is 0 Å². The monoisotopic (exact) mass is 293 g/mol.